The van der Waals surface area contributed by atoms with Gasteiger partial charge in [-0.25, -0.2) is 9.69 Å². The largest absolute Gasteiger partial charge is 0.494 e. The molecule has 30 heavy (non-hydrogen) atoms. The number of urea groups is 1. The van der Waals surface area contributed by atoms with Crippen LogP contribution in [0.15, 0.2) is 42.0 Å². The van der Waals surface area contributed by atoms with Crippen LogP contribution in [0.25, 0.3) is 6.08 Å². The first kappa shape index (κ1) is 21.4. The molecular formula is C22H21ClN2O5. The third-order valence-corrected chi connectivity index (χ3v) is 4.89. The Bertz CT molecular complexity index is 1050. The van der Waals surface area contributed by atoms with Gasteiger partial charge in [-0.3, -0.25) is 14.9 Å². The summed E-state index contributed by atoms with van der Waals surface area (Å²) >= 11 is 6.14. The SMILES string of the molecule is CCOc1ccc(/C=C2\C(=O)NC(=O)N(c3cccc(Cl)c3C)C2=O)c(OCC)c1. The van der Waals surface area contributed by atoms with Crippen molar-refractivity contribution < 1.29 is 23.9 Å². The van der Waals surface area contributed by atoms with E-state index in [2.05, 4.69) is 5.32 Å². The smallest absolute Gasteiger partial charge is 0.335 e. The average Bonchev–Trinajstić information content (AvgIpc) is 2.70. The molecule has 1 saturated heterocycles. The minimum Gasteiger partial charge on any atom is -0.494 e. The molecule has 4 amide bonds. The molecule has 1 N–H and O–H groups in total. The number of hydrogen-bond acceptors (Lipinski definition) is 5. The molecule has 1 aliphatic heterocycles. The number of ether oxygens (including phenoxy) is 2. The van der Waals surface area contributed by atoms with E-state index in [1.807, 2.05) is 13.8 Å². The average molecular weight is 429 g/mol. The van der Waals surface area contributed by atoms with Gasteiger partial charge in [0.15, 0.2) is 0 Å². The number of halogens is 1. The summed E-state index contributed by atoms with van der Waals surface area (Å²) < 4.78 is 11.1. The molecule has 1 aliphatic rings. The quantitative estimate of drug-likeness (QED) is 0.552. The summed E-state index contributed by atoms with van der Waals surface area (Å²) in [5.74, 6) is -0.462. The molecule has 156 valence electrons. The van der Waals surface area contributed by atoms with Crippen LogP contribution in [-0.2, 0) is 9.59 Å². The number of anilines is 1. The van der Waals surface area contributed by atoms with Crippen molar-refractivity contribution in [2.75, 3.05) is 18.1 Å². The van der Waals surface area contributed by atoms with Crippen molar-refractivity contribution >= 4 is 41.2 Å². The van der Waals surface area contributed by atoms with Crippen LogP contribution in [0.2, 0.25) is 5.02 Å². The van der Waals surface area contributed by atoms with E-state index in [0.29, 0.717) is 46.5 Å². The first-order valence-electron chi connectivity index (χ1n) is 9.43. The highest BCUT2D eigenvalue weighted by Crippen LogP contribution is 2.31. The van der Waals surface area contributed by atoms with Crippen LogP contribution in [0.5, 0.6) is 11.5 Å². The first-order valence-corrected chi connectivity index (χ1v) is 9.81. The van der Waals surface area contributed by atoms with Gasteiger partial charge in [-0.1, -0.05) is 17.7 Å². The van der Waals surface area contributed by atoms with Crippen LogP contribution in [-0.4, -0.2) is 31.1 Å². The van der Waals surface area contributed by atoms with Crippen LogP contribution in [0, 0.1) is 6.92 Å². The van der Waals surface area contributed by atoms with Gasteiger partial charge in [-0.15, -0.1) is 0 Å². The number of benzene rings is 2. The molecule has 0 spiro atoms. The molecule has 2 aromatic rings. The Labute approximate surface area is 179 Å². The summed E-state index contributed by atoms with van der Waals surface area (Å²) in [4.78, 5) is 38.9. The van der Waals surface area contributed by atoms with E-state index in [-0.39, 0.29) is 5.57 Å². The molecule has 0 atom stereocenters. The van der Waals surface area contributed by atoms with Gasteiger partial charge >= 0.3 is 6.03 Å². The highest BCUT2D eigenvalue weighted by Gasteiger charge is 2.37. The predicted octanol–water partition coefficient (Wildman–Crippen LogP) is 4.11. The van der Waals surface area contributed by atoms with Gasteiger partial charge in [-0.05, 0) is 56.7 Å². The van der Waals surface area contributed by atoms with E-state index in [4.69, 9.17) is 21.1 Å². The molecule has 8 heteroatoms. The minimum absolute atomic E-state index is 0.195. The third-order valence-electron chi connectivity index (χ3n) is 4.48. The van der Waals surface area contributed by atoms with Gasteiger partial charge in [0.05, 0.1) is 18.9 Å². The van der Waals surface area contributed by atoms with Gasteiger partial charge < -0.3 is 9.47 Å². The lowest BCUT2D eigenvalue weighted by molar-refractivity contribution is -0.122. The Morgan fingerprint density at radius 2 is 1.80 bits per heavy atom. The van der Waals surface area contributed by atoms with Gasteiger partial charge in [0.25, 0.3) is 11.8 Å². The molecular weight excluding hydrogens is 408 g/mol. The second kappa shape index (κ2) is 9.00. The van der Waals surface area contributed by atoms with Crippen molar-refractivity contribution in [3.63, 3.8) is 0 Å². The van der Waals surface area contributed by atoms with Gasteiger partial charge in [0.2, 0.25) is 0 Å². The van der Waals surface area contributed by atoms with Crippen molar-refractivity contribution in [1.29, 1.82) is 0 Å². The monoisotopic (exact) mass is 428 g/mol. The van der Waals surface area contributed by atoms with Crippen molar-refractivity contribution in [2.45, 2.75) is 20.8 Å². The van der Waals surface area contributed by atoms with Crippen molar-refractivity contribution in [3.05, 3.63) is 58.1 Å². The fraction of sp³-hybridized carbons (Fsp3) is 0.227. The zero-order valence-electron chi connectivity index (χ0n) is 16.8. The van der Waals surface area contributed by atoms with Crippen molar-refractivity contribution in [3.8, 4) is 11.5 Å². The Morgan fingerprint density at radius 1 is 1.07 bits per heavy atom. The Balaban J connectivity index is 2.06. The highest BCUT2D eigenvalue weighted by atomic mass is 35.5. The van der Waals surface area contributed by atoms with Crippen LogP contribution in [0.1, 0.15) is 25.0 Å². The summed E-state index contributed by atoms with van der Waals surface area (Å²) in [5, 5.41) is 2.61. The normalized spacial score (nSPS) is 15.4. The maximum atomic E-state index is 13.1. The second-order valence-corrected chi connectivity index (χ2v) is 6.81. The molecule has 0 aromatic heterocycles. The van der Waals surface area contributed by atoms with Crippen molar-refractivity contribution in [2.24, 2.45) is 0 Å². The first-order chi connectivity index (χ1) is 14.4. The number of barbiturate groups is 1. The number of hydrogen-bond donors (Lipinski definition) is 1. The van der Waals surface area contributed by atoms with E-state index in [1.165, 1.54) is 6.08 Å². The molecule has 2 aromatic carbocycles. The van der Waals surface area contributed by atoms with E-state index in [1.54, 1.807) is 43.3 Å². The molecule has 0 bridgehead atoms. The summed E-state index contributed by atoms with van der Waals surface area (Å²) in [5.41, 5.74) is 1.17. The lowest BCUT2D eigenvalue weighted by Crippen LogP contribution is -2.54. The van der Waals surface area contributed by atoms with Crippen LogP contribution >= 0.6 is 11.6 Å². The Morgan fingerprint density at radius 3 is 2.50 bits per heavy atom. The molecule has 1 fully saturated rings. The highest BCUT2D eigenvalue weighted by molar-refractivity contribution is 6.40. The Kier molecular flexibility index (Phi) is 6.42. The molecule has 0 unspecified atom stereocenters. The number of nitrogens with one attached hydrogen (secondary N) is 1. The van der Waals surface area contributed by atoms with E-state index >= 15 is 0 Å². The zero-order chi connectivity index (χ0) is 21.8. The summed E-state index contributed by atoms with van der Waals surface area (Å²) in [6.07, 6.45) is 1.40. The van der Waals surface area contributed by atoms with E-state index < -0.39 is 17.8 Å². The second-order valence-electron chi connectivity index (χ2n) is 6.41. The standard InChI is InChI=1S/C22H21ClN2O5/c1-4-29-15-10-9-14(19(12-15)30-5-2)11-16-20(26)24-22(28)25(21(16)27)18-8-6-7-17(23)13(18)3/h6-12H,4-5H2,1-3H3,(H,24,26,28)/b16-11+. The molecule has 3 rings (SSSR count). The fourth-order valence-electron chi connectivity index (χ4n) is 3.04. The number of imide groups is 2. The van der Waals surface area contributed by atoms with Gasteiger partial charge in [0.1, 0.15) is 17.1 Å². The summed E-state index contributed by atoms with van der Waals surface area (Å²) in [6, 6.07) is 9.14. The van der Waals surface area contributed by atoms with Crippen LogP contribution in [0.3, 0.4) is 0 Å². The lowest BCUT2D eigenvalue weighted by atomic mass is 10.0. The van der Waals surface area contributed by atoms with Gasteiger partial charge in [-0.2, -0.15) is 0 Å². The number of carbonyl (C=O) groups is 3. The molecule has 0 radical (unpaired) electrons. The Hall–Kier alpha value is -3.32. The van der Waals surface area contributed by atoms with Crippen molar-refractivity contribution in [1.82, 2.24) is 5.32 Å². The molecule has 1 heterocycles. The van der Waals surface area contributed by atoms with E-state index in [0.717, 1.165) is 4.90 Å². The zero-order valence-corrected chi connectivity index (χ0v) is 17.6. The number of amides is 4. The number of nitrogens with zero attached hydrogens (tertiary/aromatic N) is 1. The maximum Gasteiger partial charge on any atom is 0.335 e. The third kappa shape index (κ3) is 4.16. The molecule has 7 nitrogen and oxygen atoms in total. The van der Waals surface area contributed by atoms with Gasteiger partial charge in [0, 0.05) is 16.7 Å². The van der Waals surface area contributed by atoms with Crippen LogP contribution in [0.4, 0.5) is 10.5 Å². The predicted molar refractivity (Wildman–Crippen MR) is 114 cm³/mol. The summed E-state index contributed by atoms with van der Waals surface area (Å²) in [7, 11) is 0. The minimum atomic E-state index is -0.829. The van der Waals surface area contributed by atoms with Crippen LogP contribution < -0.4 is 19.7 Å². The number of carbonyl (C=O) groups excluding carboxylic acids is 3. The lowest BCUT2D eigenvalue weighted by Gasteiger charge is -2.27. The number of rotatable bonds is 6. The molecule has 0 saturated carbocycles. The topological polar surface area (TPSA) is 84.9 Å². The molecule has 0 aliphatic carbocycles. The maximum absolute atomic E-state index is 13.1. The van der Waals surface area contributed by atoms with E-state index in [9.17, 15) is 14.4 Å². The summed E-state index contributed by atoms with van der Waals surface area (Å²) in [6.45, 7) is 6.26. The fourth-order valence-corrected chi connectivity index (χ4v) is 3.21.